The molecule has 0 radical (unpaired) electrons. The third-order valence-electron chi connectivity index (χ3n) is 6.33. The van der Waals surface area contributed by atoms with E-state index in [0.29, 0.717) is 23.5 Å². The van der Waals surface area contributed by atoms with Gasteiger partial charge in [0.1, 0.15) is 11.0 Å². The number of nitrogens with one attached hydrogen (secondary N) is 2. The standard InChI is InChI=1S/C28H30N8/c1-17(2)13-35-15-29-23-25(35)19-9-5-7-11-21(19)31-27(23)33-34-28-24-26(36(16-30-24)14-18(3)4)20-10-6-8-12-22(20)32-28/h5-12,15-18H,13-14H2,1-4H3,(H,31,33)(H,32,34). The van der Waals surface area contributed by atoms with Crippen molar-refractivity contribution in [3.8, 4) is 0 Å². The third-order valence-corrected chi connectivity index (χ3v) is 6.33. The van der Waals surface area contributed by atoms with E-state index in [0.717, 1.165) is 57.0 Å². The third kappa shape index (κ3) is 3.79. The van der Waals surface area contributed by atoms with Crippen LogP contribution in [0.3, 0.4) is 0 Å². The summed E-state index contributed by atoms with van der Waals surface area (Å²) in [5.41, 5.74) is 12.3. The Kier molecular flexibility index (Phi) is 5.44. The van der Waals surface area contributed by atoms with E-state index < -0.39 is 0 Å². The number of hydrazine groups is 1. The minimum Gasteiger partial charge on any atom is -0.330 e. The molecular formula is C28H30N8. The molecule has 6 aromatic rings. The summed E-state index contributed by atoms with van der Waals surface area (Å²) >= 11 is 0. The molecule has 2 N–H and O–H groups in total. The molecule has 0 spiro atoms. The second kappa shape index (κ2) is 8.78. The molecule has 2 aromatic carbocycles. The Balaban J connectivity index is 1.46. The molecule has 0 bridgehead atoms. The zero-order chi connectivity index (χ0) is 24.8. The van der Waals surface area contributed by atoms with Crippen molar-refractivity contribution >= 4 is 55.5 Å². The molecule has 0 aliphatic heterocycles. The predicted octanol–water partition coefficient (Wildman–Crippen LogP) is 6.23. The largest absolute Gasteiger partial charge is 0.330 e. The van der Waals surface area contributed by atoms with Crippen molar-refractivity contribution in [1.82, 2.24) is 29.1 Å². The van der Waals surface area contributed by atoms with Crippen molar-refractivity contribution in [3.63, 3.8) is 0 Å². The van der Waals surface area contributed by atoms with Crippen molar-refractivity contribution in [3.05, 3.63) is 61.2 Å². The maximum absolute atomic E-state index is 4.90. The van der Waals surface area contributed by atoms with Gasteiger partial charge in [-0.15, -0.1) is 0 Å². The number of aromatic nitrogens is 6. The van der Waals surface area contributed by atoms with E-state index in [-0.39, 0.29) is 0 Å². The first kappa shape index (κ1) is 22.3. The van der Waals surface area contributed by atoms with Crippen LogP contribution < -0.4 is 10.9 Å². The Bertz CT molecular complexity index is 1580. The molecule has 0 aliphatic carbocycles. The molecule has 6 rings (SSSR count). The van der Waals surface area contributed by atoms with Crippen molar-refractivity contribution in [2.24, 2.45) is 11.8 Å². The topological polar surface area (TPSA) is 85.5 Å². The SMILES string of the molecule is CC(C)Cn1cnc2c(NNc3nc4ccccc4c4c3ncn4CC(C)C)nc3ccccc3c21. The zero-order valence-electron chi connectivity index (χ0n) is 21.0. The molecule has 4 aromatic heterocycles. The summed E-state index contributed by atoms with van der Waals surface area (Å²) in [6, 6.07) is 16.4. The lowest BCUT2D eigenvalue weighted by Gasteiger charge is -2.14. The van der Waals surface area contributed by atoms with Gasteiger partial charge < -0.3 is 9.13 Å². The zero-order valence-corrected chi connectivity index (χ0v) is 21.0. The van der Waals surface area contributed by atoms with Gasteiger partial charge in [0.05, 0.1) is 34.7 Å². The van der Waals surface area contributed by atoms with Gasteiger partial charge in [-0.05, 0) is 24.0 Å². The smallest absolute Gasteiger partial charge is 0.173 e. The Labute approximate surface area is 209 Å². The minimum atomic E-state index is 0.500. The van der Waals surface area contributed by atoms with Crippen LogP contribution >= 0.6 is 0 Å². The van der Waals surface area contributed by atoms with Crippen LogP contribution in [0.2, 0.25) is 0 Å². The van der Waals surface area contributed by atoms with E-state index in [4.69, 9.17) is 19.9 Å². The number of anilines is 2. The van der Waals surface area contributed by atoms with E-state index in [2.05, 4.69) is 59.8 Å². The number of pyridine rings is 2. The second-order valence-electron chi connectivity index (χ2n) is 10.2. The number of hydrogen-bond acceptors (Lipinski definition) is 6. The van der Waals surface area contributed by atoms with Gasteiger partial charge in [-0.25, -0.2) is 19.9 Å². The molecule has 0 aliphatic rings. The first-order valence-corrected chi connectivity index (χ1v) is 12.5. The Morgan fingerprint density at radius 2 is 1.06 bits per heavy atom. The Morgan fingerprint density at radius 1 is 0.639 bits per heavy atom. The second-order valence-corrected chi connectivity index (χ2v) is 10.2. The number of nitrogens with zero attached hydrogens (tertiary/aromatic N) is 6. The van der Waals surface area contributed by atoms with Crippen LogP contribution in [0.1, 0.15) is 27.7 Å². The molecular weight excluding hydrogens is 448 g/mol. The predicted molar refractivity (Wildman–Crippen MR) is 147 cm³/mol. The molecule has 0 unspecified atom stereocenters. The van der Waals surface area contributed by atoms with Gasteiger partial charge in [-0.3, -0.25) is 10.9 Å². The molecule has 8 heteroatoms. The van der Waals surface area contributed by atoms with E-state index in [1.165, 1.54) is 0 Å². The van der Waals surface area contributed by atoms with Crippen LogP contribution in [0.15, 0.2) is 61.2 Å². The van der Waals surface area contributed by atoms with Crippen LogP contribution in [0, 0.1) is 11.8 Å². The lowest BCUT2D eigenvalue weighted by atomic mass is 10.1. The van der Waals surface area contributed by atoms with Gasteiger partial charge in [0.2, 0.25) is 0 Å². The Hall–Kier alpha value is -4.20. The van der Waals surface area contributed by atoms with Crippen molar-refractivity contribution in [1.29, 1.82) is 0 Å². The number of fused-ring (bicyclic) bond motifs is 6. The Morgan fingerprint density at radius 3 is 1.47 bits per heavy atom. The van der Waals surface area contributed by atoms with Crippen molar-refractivity contribution in [2.75, 3.05) is 10.9 Å². The van der Waals surface area contributed by atoms with E-state index in [1.807, 2.05) is 49.1 Å². The summed E-state index contributed by atoms with van der Waals surface area (Å²) in [4.78, 5) is 19.3. The molecule has 0 saturated heterocycles. The quantitative estimate of drug-likeness (QED) is 0.264. The molecule has 4 heterocycles. The summed E-state index contributed by atoms with van der Waals surface area (Å²) in [6.07, 6.45) is 3.81. The fourth-order valence-electron chi connectivity index (χ4n) is 4.92. The van der Waals surface area contributed by atoms with E-state index in [9.17, 15) is 0 Å². The van der Waals surface area contributed by atoms with Crippen LogP contribution in [-0.2, 0) is 13.1 Å². The number of para-hydroxylation sites is 2. The van der Waals surface area contributed by atoms with Crippen molar-refractivity contribution in [2.45, 2.75) is 40.8 Å². The fraction of sp³-hybridized carbons (Fsp3) is 0.286. The molecule has 182 valence electrons. The molecule has 0 amide bonds. The highest BCUT2D eigenvalue weighted by molar-refractivity contribution is 6.08. The average Bonchev–Trinajstić information content (AvgIpc) is 3.47. The van der Waals surface area contributed by atoms with E-state index in [1.54, 1.807) is 0 Å². The fourth-order valence-corrected chi connectivity index (χ4v) is 4.92. The molecule has 0 saturated carbocycles. The molecule has 8 nitrogen and oxygen atoms in total. The van der Waals surface area contributed by atoms with Gasteiger partial charge in [-0.2, -0.15) is 0 Å². The highest BCUT2D eigenvalue weighted by Crippen LogP contribution is 2.31. The first-order valence-electron chi connectivity index (χ1n) is 12.5. The highest BCUT2D eigenvalue weighted by Gasteiger charge is 2.17. The summed E-state index contributed by atoms with van der Waals surface area (Å²) in [6.45, 7) is 10.6. The van der Waals surface area contributed by atoms with Crippen LogP contribution in [0.25, 0.3) is 43.9 Å². The number of benzene rings is 2. The average molecular weight is 479 g/mol. The summed E-state index contributed by atoms with van der Waals surface area (Å²) in [7, 11) is 0. The molecule has 0 atom stereocenters. The monoisotopic (exact) mass is 478 g/mol. The summed E-state index contributed by atoms with van der Waals surface area (Å²) in [5.74, 6) is 2.33. The minimum absolute atomic E-state index is 0.500. The van der Waals surface area contributed by atoms with Gasteiger partial charge >= 0.3 is 0 Å². The summed E-state index contributed by atoms with van der Waals surface area (Å²) in [5, 5.41) is 2.18. The number of imidazole rings is 2. The van der Waals surface area contributed by atoms with Crippen molar-refractivity contribution < 1.29 is 0 Å². The number of rotatable bonds is 7. The van der Waals surface area contributed by atoms with Gasteiger partial charge in [0.15, 0.2) is 11.6 Å². The van der Waals surface area contributed by atoms with Crippen LogP contribution in [0.5, 0.6) is 0 Å². The van der Waals surface area contributed by atoms with Gasteiger partial charge in [0, 0.05) is 23.9 Å². The van der Waals surface area contributed by atoms with Crippen LogP contribution in [-0.4, -0.2) is 29.1 Å². The normalized spacial score (nSPS) is 12.1. The van der Waals surface area contributed by atoms with E-state index >= 15 is 0 Å². The molecule has 36 heavy (non-hydrogen) atoms. The number of hydrogen-bond donors (Lipinski definition) is 2. The maximum atomic E-state index is 4.90. The van der Waals surface area contributed by atoms with Crippen LogP contribution in [0.4, 0.5) is 11.6 Å². The maximum Gasteiger partial charge on any atom is 0.173 e. The van der Waals surface area contributed by atoms with Gasteiger partial charge in [0.25, 0.3) is 0 Å². The highest BCUT2D eigenvalue weighted by atomic mass is 15.4. The first-order chi connectivity index (χ1) is 17.5. The lowest BCUT2D eigenvalue weighted by Crippen LogP contribution is -2.13. The van der Waals surface area contributed by atoms with Gasteiger partial charge in [-0.1, -0.05) is 64.1 Å². The molecule has 0 fully saturated rings. The lowest BCUT2D eigenvalue weighted by molar-refractivity contribution is 0.533. The summed E-state index contributed by atoms with van der Waals surface area (Å²) < 4.78 is 4.44.